The lowest BCUT2D eigenvalue weighted by molar-refractivity contribution is -0.121. The average molecular weight is 434 g/mol. The van der Waals surface area contributed by atoms with Gasteiger partial charge in [0.15, 0.2) is 0 Å². The fraction of sp³-hybridized carbons (Fsp3) is 0.400. The minimum Gasteiger partial charge on any atom is -0.326 e. The van der Waals surface area contributed by atoms with Gasteiger partial charge in [-0.3, -0.25) is 9.59 Å². The number of amides is 2. The molecule has 2 saturated heterocycles. The van der Waals surface area contributed by atoms with Crippen LogP contribution in [0.25, 0.3) is 0 Å². The van der Waals surface area contributed by atoms with E-state index in [1.165, 1.54) is 15.6 Å². The fourth-order valence-corrected chi connectivity index (χ4v) is 6.40. The van der Waals surface area contributed by atoms with E-state index in [9.17, 15) is 18.0 Å². The zero-order valence-electron chi connectivity index (χ0n) is 15.9. The molecule has 2 aliphatic heterocycles. The standard InChI is InChI=1S/C20H23N3O4S2/c24-18-3-1-11-23(18)17-7-5-16(6-8-17)21-20(25)15-9-12-22(13-10-15)29(26,27)19-4-2-14-28-19/h2,4-8,14-15H,1,3,9-13H2,(H,21,25). The minimum atomic E-state index is -3.46. The predicted octanol–water partition coefficient (Wildman–Crippen LogP) is 2.91. The van der Waals surface area contributed by atoms with Crippen molar-refractivity contribution in [1.82, 2.24) is 4.31 Å². The van der Waals surface area contributed by atoms with Crippen LogP contribution in [0.15, 0.2) is 46.0 Å². The lowest BCUT2D eigenvalue weighted by Crippen LogP contribution is -2.41. The molecule has 1 N–H and O–H groups in total. The molecular weight excluding hydrogens is 410 g/mol. The van der Waals surface area contributed by atoms with Crippen LogP contribution in [0.2, 0.25) is 0 Å². The van der Waals surface area contributed by atoms with Gasteiger partial charge in [0.25, 0.3) is 10.0 Å². The lowest BCUT2D eigenvalue weighted by atomic mass is 9.97. The van der Waals surface area contributed by atoms with Gasteiger partial charge >= 0.3 is 0 Å². The summed E-state index contributed by atoms with van der Waals surface area (Å²) in [6.07, 6.45) is 2.45. The van der Waals surface area contributed by atoms with Crippen LogP contribution in [-0.4, -0.2) is 44.2 Å². The first-order valence-electron chi connectivity index (χ1n) is 9.70. The molecule has 2 fully saturated rings. The van der Waals surface area contributed by atoms with E-state index in [-0.39, 0.29) is 17.7 Å². The molecule has 1 aromatic carbocycles. The maximum absolute atomic E-state index is 12.6. The second-order valence-corrected chi connectivity index (χ2v) is 10.4. The highest BCUT2D eigenvalue weighted by Gasteiger charge is 2.32. The summed E-state index contributed by atoms with van der Waals surface area (Å²) < 4.78 is 27.0. The number of piperidine rings is 1. The molecule has 2 aromatic rings. The topological polar surface area (TPSA) is 86.8 Å². The summed E-state index contributed by atoms with van der Waals surface area (Å²) in [5.41, 5.74) is 1.52. The molecule has 0 unspecified atom stereocenters. The fourth-order valence-electron chi connectivity index (χ4n) is 3.79. The van der Waals surface area contributed by atoms with Crippen molar-refractivity contribution in [2.45, 2.75) is 29.9 Å². The first-order chi connectivity index (χ1) is 13.9. The monoisotopic (exact) mass is 433 g/mol. The van der Waals surface area contributed by atoms with E-state index in [1.807, 2.05) is 12.1 Å². The Morgan fingerprint density at radius 3 is 2.38 bits per heavy atom. The molecule has 0 saturated carbocycles. The molecule has 29 heavy (non-hydrogen) atoms. The van der Waals surface area contributed by atoms with Crippen LogP contribution in [-0.2, 0) is 19.6 Å². The molecule has 0 atom stereocenters. The number of sulfonamides is 1. The number of carbonyl (C=O) groups excluding carboxylic acids is 2. The van der Waals surface area contributed by atoms with E-state index in [0.717, 1.165) is 18.7 Å². The molecule has 0 radical (unpaired) electrons. The Kier molecular flexibility index (Phi) is 5.71. The Morgan fingerprint density at radius 1 is 1.07 bits per heavy atom. The van der Waals surface area contributed by atoms with Crippen LogP contribution in [0.4, 0.5) is 11.4 Å². The first kappa shape index (κ1) is 20.1. The van der Waals surface area contributed by atoms with Gasteiger partial charge in [0, 0.05) is 43.3 Å². The van der Waals surface area contributed by atoms with Gasteiger partial charge in [0.2, 0.25) is 11.8 Å². The molecule has 1 aromatic heterocycles. The number of rotatable bonds is 5. The zero-order chi connectivity index (χ0) is 20.4. The van der Waals surface area contributed by atoms with Gasteiger partial charge in [-0.15, -0.1) is 11.3 Å². The number of hydrogen-bond donors (Lipinski definition) is 1. The molecule has 9 heteroatoms. The molecule has 154 valence electrons. The van der Waals surface area contributed by atoms with Gasteiger partial charge in [-0.05, 0) is 55.0 Å². The van der Waals surface area contributed by atoms with Crippen molar-refractivity contribution < 1.29 is 18.0 Å². The van der Waals surface area contributed by atoms with Gasteiger partial charge < -0.3 is 10.2 Å². The summed E-state index contributed by atoms with van der Waals surface area (Å²) in [5.74, 6) is -0.182. The molecule has 0 aliphatic carbocycles. The van der Waals surface area contributed by atoms with Crippen molar-refractivity contribution in [2.75, 3.05) is 29.9 Å². The van der Waals surface area contributed by atoms with Crippen molar-refractivity contribution in [3.05, 3.63) is 41.8 Å². The van der Waals surface area contributed by atoms with Crippen LogP contribution in [0.3, 0.4) is 0 Å². The smallest absolute Gasteiger partial charge is 0.252 e. The number of anilines is 2. The van der Waals surface area contributed by atoms with Crippen LogP contribution in [0.1, 0.15) is 25.7 Å². The molecule has 4 rings (SSSR count). The first-order valence-corrected chi connectivity index (χ1v) is 12.0. The van der Waals surface area contributed by atoms with Gasteiger partial charge in [-0.1, -0.05) is 6.07 Å². The number of thiophene rings is 1. The van der Waals surface area contributed by atoms with E-state index in [4.69, 9.17) is 0 Å². The van der Waals surface area contributed by atoms with E-state index < -0.39 is 10.0 Å². The van der Waals surface area contributed by atoms with Crippen molar-refractivity contribution in [1.29, 1.82) is 0 Å². The quantitative estimate of drug-likeness (QED) is 0.786. The minimum absolute atomic E-state index is 0.0943. The lowest BCUT2D eigenvalue weighted by Gasteiger charge is -2.30. The molecule has 3 heterocycles. The van der Waals surface area contributed by atoms with Crippen LogP contribution in [0.5, 0.6) is 0 Å². The second kappa shape index (κ2) is 8.25. The van der Waals surface area contributed by atoms with Crippen LogP contribution < -0.4 is 10.2 Å². The van der Waals surface area contributed by atoms with E-state index in [1.54, 1.807) is 34.5 Å². The van der Waals surface area contributed by atoms with Gasteiger partial charge in [0.1, 0.15) is 4.21 Å². The largest absolute Gasteiger partial charge is 0.326 e. The summed E-state index contributed by atoms with van der Waals surface area (Å²) in [4.78, 5) is 26.2. The zero-order valence-corrected chi connectivity index (χ0v) is 17.5. The SMILES string of the molecule is O=C(Nc1ccc(N2CCCC2=O)cc1)C1CCN(S(=O)(=O)c2cccs2)CC1. The highest BCUT2D eigenvalue weighted by Crippen LogP contribution is 2.28. The van der Waals surface area contributed by atoms with Gasteiger partial charge in [-0.2, -0.15) is 4.31 Å². The third-order valence-electron chi connectivity index (χ3n) is 5.43. The summed E-state index contributed by atoms with van der Waals surface area (Å²) in [5, 5.41) is 4.66. The van der Waals surface area contributed by atoms with Crippen molar-refractivity contribution in [3.63, 3.8) is 0 Å². The number of benzene rings is 1. The molecule has 0 spiro atoms. The highest BCUT2D eigenvalue weighted by molar-refractivity contribution is 7.91. The normalized spacial score (nSPS) is 18.9. The van der Waals surface area contributed by atoms with Gasteiger partial charge in [-0.25, -0.2) is 8.42 Å². The Bertz CT molecular complexity index is 979. The predicted molar refractivity (Wildman–Crippen MR) is 112 cm³/mol. The number of nitrogens with zero attached hydrogens (tertiary/aromatic N) is 2. The third kappa shape index (κ3) is 4.22. The summed E-state index contributed by atoms with van der Waals surface area (Å²) >= 11 is 1.21. The molecular formula is C20H23N3O4S2. The third-order valence-corrected chi connectivity index (χ3v) is 8.71. The number of nitrogens with one attached hydrogen (secondary N) is 1. The highest BCUT2D eigenvalue weighted by atomic mass is 32.2. The Morgan fingerprint density at radius 2 is 1.79 bits per heavy atom. The number of carbonyl (C=O) groups is 2. The maximum Gasteiger partial charge on any atom is 0.252 e. The molecule has 0 bridgehead atoms. The van der Waals surface area contributed by atoms with Crippen LogP contribution >= 0.6 is 11.3 Å². The second-order valence-electron chi connectivity index (χ2n) is 7.30. The van der Waals surface area contributed by atoms with E-state index in [0.29, 0.717) is 42.2 Å². The average Bonchev–Trinajstić information content (AvgIpc) is 3.41. The Balaban J connectivity index is 1.33. The van der Waals surface area contributed by atoms with Crippen LogP contribution in [0, 0.1) is 5.92 Å². The molecule has 7 nitrogen and oxygen atoms in total. The van der Waals surface area contributed by atoms with E-state index >= 15 is 0 Å². The molecule has 2 amide bonds. The number of hydrogen-bond acceptors (Lipinski definition) is 5. The van der Waals surface area contributed by atoms with Gasteiger partial charge in [0.05, 0.1) is 0 Å². The summed E-state index contributed by atoms with van der Waals surface area (Å²) in [7, 11) is -3.46. The Labute approximate surface area is 174 Å². The van der Waals surface area contributed by atoms with Crippen molar-refractivity contribution in [3.8, 4) is 0 Å². The maximum atomic E-state index is 12.6. The Hall–Kier alpha value is -2.23. The van der Waals surface area contributed by atoms with Crippen molar-refractivity contribution in [2.24, 2.45) is 5.92 Å². The summed E-state index contributed by atoms with van der Waals surface area (Å²) in [6.45, 7) is 1.42. The van der Waals surface area contributed by atoms with E-state index in [2.05, 4.69) is 5.32 Å². The molecule has 2 aliphatic rings. The summed E-state index contributed by atoms with van der Waals surface area (Å²) in [6, 6.07) is 10.6. The van der Waals surface area contributed by atoms with Crippen molar-refractivity contribution >= 4 is 44.5 Å².